The molecule has 0 aliphatic heterocycles. The van der Waals surface area contributed by atoms with Crippen molar-refractivity contribution in [2.75, 3.05) is 5.32 Å². The third-order valence-corrected chi connectivity index (χ3v) is 16.5. The molecule has 0 aliphatic rings. The molecule has 2 aromatic rings. The van der Waals surface area contributed by atoms with E-state index in [0.29, 0.717) is 40.2 Å². The number of carbonyl (C=O) groups is 2. The van der Waals surface area contributed by atoms with E-state index in [1.54, 1.807) is 31.2 Å². The molecule has 0 radical (unpaired) electrons. The maximum absolute atomic E-state index is 13.5. The number of nitriles is 1. The Bertz CT molecular complexity index is 1330. The summed E-state index contributed by atoms with van der Waals surface area (Å²) in [6, 6.07) is 11.7. The number of amides is 2. The zero-order chi connectivity index (χ0) is 32.3. The summed E-state index contributed by atoms with van der Waals surface area (Å²) in [7, 11) is -4.94. The third kappa shape index (κ3) is 8.67. The van der Waals surface area contributed by atoms with Gasteiger partial charge in [-0.05, 0) is 97.3 Å². The third-order valence-electron chi connectivity index (χ3n) is 8.98. The number of rotatable bonds is 11. The van der Waals surface area contributed by atoms with Crippen LogP contribution in [0.4, 0.5) is 5.69 Å². The van der Waals surface area contributed by atoms with Gasteiger partial charge in [-0.3, -0.25) is 20.4 Å². The van der Waals surface area contributed by atoms with Gasteiger partial charge in [-0.1, -0.05) is 58.4 Å². The van der Waals surface area contributed by atoms with Crippen molar-refractivity contribution >= 4 is 45.7 Å². The number of benzene rings is 2. The lowest BCUT2D eigenvalue weighted by Crippen LogP contribution is -2.52. The minimum absolute atomic E-state index is 0.233. The van der Waals surface area contributed by atoms with E-state index in [1.165, 1.54) is 0 Å². The molecule has 0 unspecified atom stereocenters. The van der Waals surface area contributed by atoms with E-state index < -0.39 is 39.5 Å². The van der Waals surface area contributed by atoms with Gasteiger partial charge in [0.05, 0.1) is 10.6 Å². The molecule has 0 heterocycles. The van der Waals surface area contributed by atoms with Crippen molar-refractivity contribution < 1.29 is 19.2 Å². The first kappa shape index (κ1) is 35.5. The Balaban J connectivity index is 2.24. The van der Waals surface area contributed by atoms with Gasteiger partial charge in [0.1, 0.15) is 12.1 Å². The van der Waals surface area contributed by atoms with Gasteiger partial charge in [-0.15, -0.1) is 0 Å². The Hall–Kier alpha value is -2.69. The standard InChI is InChI=1S/C31H47ClN4O4Si2/c1-20(17-30(3,4)41(7,8)39)27(34-25-16-15-24(19-33)26(32)21(25)2)29(38)36-35-28(37)23-13-11-22(12-14-23)18-31(5,6)42(9,10)40/h11-16,20,27,34,39-40H,17-18H2,1-10H3,(H,35,37)(H,36,38)/t20-,27+/m0/s1. The van der Waals surface area contributed by atoms with Crippen molar-refractivity contribution in [2.45, 2.75) is 96.7 Å². The van der Waals surface area contributed by atoms with Crippen molar-refractivity contribution in [2.24, 2.45) is 5.92 Å². The Morgan fingerprint density at radius 2 is 1.50 bits per heavy atom. The van der Waals surface area contributed by atoms with Crippen LogP contribution in [0.3, 0.4) is 0 Å². The van der Waals surface area contributed by atoms with Crippen molar-refractivity contribution in [3.05, 3.63) is 63.7 Å². The molecule has 2 aromatic carbocycles. The molecule has 0 saturated carbocycles. The predicted octanol–water partition coefficient (Wildman–Crippen LogP) is 6.29. The van der Waals surface area contributed by atoms with Gasteiger partial charge in [0.15, 0.2) is 16.6 Å². The largest absolute Gasteiger partial charge is 0.432 e. The van der Waals surface area contributed by atoms with E-state index in [2.05, 4.69) is 36.1 Å². The van der Waals surface area contributed by atoms with E-state index >= 15 is 0 Å². The van der Waals surface area contributed by atoms with Crippen LogP contribution < -0.4 is 16.2 Å². The van der Waals surface area contributed by atoms with Gasteiger partial charge >= 0.3 is 0 Å². The van der Waals surface area contributed by atoms with Gasteiger partial charge in [0.25, 0.3) is 11.8 Å². The Kier molecular flexibility index (Phi) is 11.3. The molecule has 2 atom stereocenters. The van der Waals surface area contributed by atoms with Crippen LogP contribution in [0.2, 0.25) is 41.3 Å². The first-order chi connectivity index (χ1) is 19.1. The number of hydrogen-bond acceptors (Lipinski definition) is 6. The number of anilines is 1. The topological polar surface area (TPSA) is 134 Å². The summed E-state index contributed by atoms with van der Waals surface area (Å²) in [6.07, 6.45) is 1.24. The van der Waals surface area contributed by atoms with Gasteiger partial charge < -0.3 is 14.9 Å². The number of hydrogen-bond donors (Lipinski definition) is 5. The van der Waals surface area contributed by atoms with Crippen LogP contribution in [0.25, 0.3) is 0 Å². The summed E-state index contributed by atoms with van der Waals surface area (Å²) in [6.45, 7) is 19.4. The predicted molar refractivity (Wildman–Crippen MR) is 175 cm³/mol. The van der Waals surface area contributed by atoms with E-state index in [0.717, 1.165) is 5.56 Å². The molecule has 0 spiro atoms. The minimum atomic E-state index is -2.56. The maximum atomic E-state index is 13.5. The highest BCUT2D eigenvalue weighted by Crippen LogP contribution is 2.42. The van der Waals surface area contributed by atoms with E-state index in [4.69, 9.17) is 11.6 Å². The lowest BCUT2D eigenvalue weighted by molar-refractivity contribution is -0.123. The van der Waals surface area contributed by atoms with Gasteiger partial charge in [-0.25, -0.2) is 0 Å². The molecule has 230 valence electrons. The monoisotopic (exact) mass is 630 g/mol. The maximum Gasteiger partial charge on any atom is 0.269 e. The van der Waals surface area contributed by atoms with Crippen LogP contribution in [0, 0.1) is 24.2 Å². The van der Waals surface area contributed by atoms with Crippen molar-refractivity contribution in [1.82, 2.24) is 10.9 Å². The smallest absolute Gasteiger partial charge is 0.269 e. The molecule has 2 amide bonds. The van der Waals surface area contributed by atoms with Crippen LogP contribution in [-0.4, -0.2) is 44.1 Å². The molecule has 0 saturated heterocycles. The molecule has 2 rings (SSSR count). The van der Waals surface area contributed by atoms with E-state index in [-0.39, 0.29) is 11.0 Å². The quantitative estimate of drug-likeness (QED) is 0.146. The van der Waals surface area contributed by atoms with Crippen LogP contribution in [0.5, 0.6) is 0 Å². The molecule has 8 nitrogen and oxygen atoms in total. The molecular formula is C31H47ClN4O4Si2. The summed E-state index contributed by atoms with van der Waals surface area (Å²) in [4.78, 5) is 47.9. The fourth-order valence-electron chi connectivity index (χ4n) is 4.50. The second kappa shape index (κ2) is 13.3. The first-order valence-electron chi connectivity index (χ1n) is 14.2. The van der Waals surface area contributed by atoms with Crippen molar-refractivity contribution in [3.63, 3.8) is 0 Å². The number of hydrazine groups is 1. The van der Waals surface area contributed by atoms with Gasteiger partial charge in [0.2, 0.25) is 0 Å². The minimum Gasteiger partial charge on any atom is -0.432 e. The Morgan fingerprint density at radius 1 is 0.952 bits per heavy atom. The lowest BCUT2D eigenvalue weighted by Gasteiger charge is -2.39. The van der Waals surface area contributed by atoms with Crippen molar-refractivity contribution in [1.29, 1.82) is 5.26 Å². The van der Waals surface area contributed by atoms with Crippen LogP contribution in [0.15, 0.2) is 36.4 Å². The second-order valence-corrected chi connectivity index (χ2v) is 23.0. The summed E-state index contributed by atoms with van der Waals surface area (Å²) in [5.41, 5.74) is 8.08. The molecule has 42 heavy (non-hydrogen) atoms. The van der Waals surface area contributed by atoms with Crippen LogP contribution >= 0.6 is 11.6 Å². The molecule has 11 heteroatoms. The number of nitrogens with one attached hydrogen (secondary N) is 3. The number of carbonyl (C=O) groups excluding carboxylic acids is 2. The number of halogens is 1. The fourth-order valence-corrected chi connectivity index (χ4v) is 6.17. The first-order valence-corrected chi connectivity index (χ1v) is 20.5. The highest BCUT2D eigenvalue weighted by Gasteiger charge is 2.41. The second-order valence-electron chi connectivity index (χ2n) is 13.7. The van der Waals surface area contributed by atoms with Crippen molar-refractivity contribution in [3.8, 4) is 6.07 Å². The lowest BCUT2D eigenvalue weighted by atomic mass is 9.90. The summed E-state index contributed by atoms with van der Waals surface area (Å²) in [5.74, 6) is -1.15. The molecule has 0 bridgehead atoms. The zero-order valence-electron chi connectivity index (χ0n) is 26.6. The van der Waals surface area contributed by atoms with Gasteiger partial charge in [-0.2, -0.15) is 5.26 Å². The molecule has 0 aromatic heterocycles. The number of nitrogens with zero attached hydrogens (tertiary/aromatic N) is 1. The van der Waals surface area contributed by atoms with E-state index in [1.807, 2.05) is 59.1 Å². The summed E-state index contributed by atoms with van der Waals surface area (Å²) < 4.78 is 0. The van der Waals surface area contributed by atoms with Crippen LogP contribution in [-0.2, 0) is 11.2 Å². The molecule has 0 fully saturated rings. The highest BCUT2D eigenvalue weighted by molar-refractivity contribution is 6.73. The summed E-state index contributed by atoms with van der Waals surface area (Å²) in [5, 5.41) is 12.3. The zero-order valence-corrected chi connectivity index (χ0v) is 29.3. The fraction of sp³-hybridized carbons (Fsp3) is 0.516. The highest BCUT2D eigenvalue weighted by atomic mass is 35.5. The average molecular weight is 631 g/mol. The average Bonchev–Trinajstić information content (AvgIpc) is 2.86. The Labute approximate surface area is 258 Å². The molecule has 5 N–H and O–H groups in total. The molecular weight excluding hydrogens is 584 g/mol. The Morgan fingerprint density at radius 3 is 2.00 bits per heavy atom. The van der Waals surface area contributed by atoms with Gasteiger partial charge in [0, 0.05) is 11.3 Å². The van der Waals surface area contributed by atoms with Crippen LogP contribution in [0.1, 0.15) is 68.1 Å². The summed E-state index contributed by atoms with van der Waals surface area (Å²) >= 11 is 6.39. The normalized spacial score (nSPS) is 14.0. The van der Waals surface area contributed by atoms with E-state index in [9.17, 15) is 24.4 Å². The SMILES string of the molecule is Cc1c(N[C@@H](C(=O)NNC(=O)c2ccc(CC(C)(C)[Si](C)(C)O)cc2)[C@@H](C)CC(C)(C)[Si](C)(C)O)ccc(C#N)c1Cl. The molecule has 0 aliphatic carbocycles.